The Labute approximate surface area is 100 Å². The van der Waals surface area contributed by atoms with Crippen molar-refractivity contribution >= 4 is 5.91 Å². The molecule has 0 atom stereocenters. The minimum Gasteiger partial charge on any atom is -0.508 e. The van der Waals surface area contributed by atoms with E-state index in [0.717, 1.165) is 0 Å². The van der Waals surface area contributed by atoms with Crippen LogP contribution in [0.25, 0.3) is 0 Å². The van der Waals surface area contributed by atoms with Crippen molar-refractivity contribution in [3.8, 4) is 11.5 Å². The molecule has 0 bridgehead atoms. The third-order valence-corrected chi connectivity index (χ3v) is 2.86. The number of amides is 1. The number of likely N-dealkylation sites (N-methyl/N-ethyl adjacent to an activating group) is 1. The maximum atomic E-state index is 12.1. The second kappa shape index (κ2) is 4.63. The van der Waals surface area contributed by atoms with Gasteiger partial charge in [0.05, 0.1) is 0 Å². The molecule has 1 aromatic rings. The smallest absolute Gasteiger partial charge is 0.254 e. The summed E-state index contributed by atoms with van der Waals surface area (Å²) in [5.74, 6) is -0.591. The van der Waals surface area contributed by atoms with Gasteiger partial charge in [-0.1, -0.05) is 0 Å². The van der Waals surface area contributed by atoms with E-state index >= 15 is 0 Å². The molecule has 4 N–H and O–H groups in total. The van der Waals surface area contributed by atoms with E-state index in [-0.39, 0.29) is 23.0 Å². The number of carbonyl (C=O) groups is 1. The lowest BCUT2D eigenvalue weighted by Gasteiger charge is -2.34. The Bertz CT molecular complexity index is 410. The molecule has 0 aliphatic rings. The van der Waals surface area contributed by atoms with Gasteiger partial charge in [0, 0.05) is 30.8 Å². The van der Waals surface area contributed by atoms with Crippen molar-refractivity contribution in [2.45, 2.75) is 19.4 Å². The average Bonchev–Trinajstić information content (AvgIpc) is 2.25. The fraction of sp³-hybridized carbons (Fsp3) is 0.417. The van der Waals surface area contributed by atoms with E-state index in [0.29, 0.717) is 6.54 Å². The molecule has 1 rings (SSSR count). The summed E-state index contributed by atoms with van der Waals surface area (Å²) in [5, 5.41) is 18.7. The van der Waals surface area contributed by atoms with E-state index in [4.69, 9.17) is 5.73 Å². The fourth-order valence-electron chi connectivity index (χ4n) is 1.32. The molecule has 5 nitrogen and oxygen atoms in total. The van der Waals surface area contributed by atoms with Gasteiger partial charge in [-0.15, -0.1) is 0 Å². The van der Waals surface area contributed by atoms with Gasteiger partial charge in [0.1, 0.15) is 11.5 Å². The first-order chi connectivity index (χ1) is 7.77. The van der Waals surface area contributed by atoms with Crippen LogP contribution in [0.4, 0.5) is 0 Å². The Hall–Kier alpha value is -1.75. The molecule has 0 spiro atoms. The van der Waals surface area contributed by atoms with Crippen LogP contribution in [0.1, 0.15) is 24.2 Å². The van der Waals surface area contributed by atoms with Gasteiger partial charge in [0.15, 0.2) is 0 Å². The molecule has 0 heterocycles. The Kier molecular flexibility index (Phi) is 3.63. The van der Waals surface area contributed by atoms with Gasteiger partial charge in [-0.05, 0) is 26.0 Å². The molecule has 0 saturated carbocycles. The van der Waals surface area contributed by atoms with Gasteiger partial charge in [0.25, 0.3) is 5.91 Å². The molecule has 5 heteroatoms. The van der Waals surface area contributed by atoms with E-state index < -0.39 is 5.54 Å². The monoisotopic (exact) mass is 238 g/mol. The number of carbonyl (C=O) groups excluding carboxylic acids is 1. The predicted molar refractivity (Wildman–Crippen MR) is 65.0 cm³/mol. The van der Waals surface area contributed by atoms with Gasteiger partial charge in [0.2, 0.25) is 0 Å². The summed E-state index contributed by atoms with van der Waals surface area (Å²) in [5.41, 5.74) is 5.33. The van der Waals surface area contributed by atoms with Crippen molar-refractivity contribution in [2.24, 2.45) is 5.73 Å². The SMILES string of the molecule is CN(C(=O)c1cc(O)cc(O)c1)C(C)(C)CN. The third kappa shape index (κ3) is 2.88. The molecule has 1 aromatic carbocycles. The standard InChI is InChI=1S/C12H18N2O3/c1-12(2,7-13)14(3)11(17)8-4-9(15)6-10(16)5-8/h4-6,15-16H,7,13H2,1-3H3. The van der Waals surface area contributed by atoms with Crippen molar-refractivity contribution in [3.63, 3.8) is 0 Å². The van der Waals surface area contributed by atoms with Crippen LogP contribution in [0.5, 0.6) is 11.5 Å². The second-order valence-electron chi connectivity index (χ2n) is 4.62. The number of phenols is 2. The van der Waals surface area contributed by atoms with Crippen molar-refractivity contribution < 1.29 is 15.0 Å². The third-order valence-electron chi connectivity index (χ3n) is 2.86. The van der Waals surface area contributed by atoms with Gasteiger partial charge < -0.3 is 20.8 Å². The highest BCUT2D eigenvalue weighted by molar-refractivity contribution is 5.95. The van der Waals surface area contributed by atoms with Crippen LogP contribution in [0, 0.1) is 0 Å². The molecule has 0 unspecified atom stereocenters. The van der Waals surface area contributed by atoms with Crippen LogP contribution in [-0.4, -0.2) is 40.2 Å². The number of aromatic hydroxyl groups is 2. The minimum atomic E-state index is -0.488. The van der Waals surface area contributed by atoms with E-state index in [2.05, 4.69) is 0 Å². The van der Waals surface area contributed by atoms with E-state index in [1.165, 1.54) is 23.1 Å². The minimum absolute atomic E-state index is 0.146. The summed E-state index contributed by atoms with van der Waals surface area (Å²) < 4.78 is 0. The lowest BCUT2D eigenvalue weighted by atomic mass is 10.0. The van der Waals surface area contributed by atoms with Crippen molar-refractivity contribution in [2.75, 3.05) is 13.6 Å². The molecule has 0 saturated heterocycles. The largest absolute Gasteiger partial charge is 0.508 e. The molecule has 0 radical (unpaired) electrons. The number of nitrogens with zero attached hydrogens (tertiary/aromatic N) is 1. The lowest BCUT2D eigenvalue weighted by molar-refractivity contribution is 0.0639. The van der Waals surface area contributed by atoms with E-state index in [9.17, 15) is 15.0 Å². The summed E-state index contributed by atoms with van der Waals surface area (Å²) in [7, 11) is 1.64. The molecule has 0 aliphatic carbocycles. The fourth-order valence-corrected chi connectivity index (χ4v) is 1.32. The summed E-state index contributed by atoms with van der Waals surface area (Å²) in [6, 6.07) is 3.79. The molecule has 1 amide bonds. The zero-order chi connectivity index (χ0) is 13.2. The van der Waals surface area contributed by atoms with E-state index in [1.807, 2.05) is 13.8 Å². The van der Waals surface area contributed by atoms with Crippen LogP contribution in [-0.2, 0) is 0 Å². The van der Waals surface area contributed by atoms with Gasteiger partial charge in [-0.2, -0.15) is 0 Å². The predicted octanol–water partition coefficient (Wildman–Crippen LogP) is 0.907. The number of rotatable bonds is 3. The summed E-state index contributed by atoms with van der Waals surface area (Å²) >= 11 is 0. The highest BCUT2D eigenvalue weighted by atomic mass is 16.3. The van der Waals surface area contributed by atoms with Gasteiger partial charge in [-0.3, -0.25) is 4.79 Å². The van der Waals surface area contributed by atoms with Crippen molar-refractivity contribution in [3.05, 3.63) is 23.8 Å². The van der Waals surface area contributed by atoms with Crippen molar-refractivity contribution in [1.82, 2.24) is 4.90 Å². The molecule has 0 aromatic heterocycles. The normalized spacial score (nSPS) is 11.3. The zero-order valence-corrected chi connectivity index (χ0v) is 10.3. The first-order valence-electron chi connectivity index (χ1n) is 5.29. The maximum absolute atomic E-state index is 12.1. The number of phenolic OH excluding ortho intramolecular Hbond substituents is 2. The topological polar surface area (TPSA) is 86.8 Å². The van der Waals surface area contributed by atoms with Gasteiger partial charge >= 0.3 is 0 Å². The van der Waals surface area contributed by atoms with Crippen LogP contribution >= 0.6 is 0 Å². The van der Waals surface area contributed by atoms with Crippen molar-refractivity contribution in [1.29, 1.82) is 0 Å². The Morgan fingerprint density at radius 1 is 1.29 bits per heavy atom. The highest BCUT2D eigenvalue weighted by Crippen LogP contribution is 2.23. The first-order valence-corrected chi connectivity index (χ1v) is 5.29. The summed E-state index contributed by atoms with van der Waals surface area (Å²) in [4.78, 5) is 13.6. The zero-order valence-electron chi connectivity index (χ0n) is 10.3. The molecular formula is C12H18N2O3. The Morgan fingerprint density at radius 3 is 2.18 bits per heavy atom. The number of hydrogen-bond donors (Lipinski definition) is 3. The first kappa shape index (κ1) is 13.3. The van der Waals surface area contributed by atoms with Crippen LogP contribution in [0.3, 0.4) is 0 Å². The average molecular weight is 238 g/mol. The Balaban J connectivity index is 3.04. The van der Waals surface area contributed by atoms with Gasteiger partial charge in [-0.25, -0.2) is 0 Å². The number of hydrogen-bond acceptors (Lipinski definition) is 4. The number of nitrogens with two attached hydrogens (primary N) is 1. The lowest BCUT2D eigenvalue weighted by Crippen LogP contribution is -2.50. The second-order valence-corrected chi connectivity index (χ2v) is 4.62. The number of benzene rings is 1. The maximum Gasteiger partial charge on any atom is 0.254 e. The summed E-state index contributed by atoms with van der Waals surface area (Å²) in [6.07, 6.45) is 0. The van der Waals surface area contributed by atoms with Crippen LogP contribution < -0.4 is 5.73 Å². The Morgan fingerprint density at radius 2 is 1.76 bits per heavy atom. The highest BCUT2D eigenvalue weighted by Gasteiger charge is 2.27. The molecule has 17 heavy (non-hydrogen) atoms. The van der Waals surface area contributed by atoms with E-state index in [1.54, 1.807) is 7.05 Å². The van der Waals surface area contributed by atoms with Crippen LogP contribution in [0.2, 0.25) is 0 Å². The molecular weight excluding hydrogens is 220 g/mol. The quantitative estimate of drug-likeness (QED) is 0.730. The molecule has 0 aliphatic heterocycles. The molecule has 0 fully saturated rings. The van der Waals surface area contributed by atoms with Crippen LogP contribution in [0.15, 0.2) is 18.2 Å². The molecule has 94 valence electrons. The summed E-state index contributed by atoms with van der Waals surface area (Å²) in [6.45, 7) is 4.00.